The Morgan fingerprint density at radius 1 is 1.18 bits per heavy atom. The number of nitrogens with one attached hydrogen (secondary N) is 2. The number of aromatic carboxylic acids is 1. The van der Waals surface area contributed by atoms with E-state index in [9.17, 15) is 15.0 Å². The van der Waals surface area contributed by atoms with Crippen LogP contribution >= 0.6 is 0 Å². The minimum Gasteiger partial charge on any atom is -0.507 e. The van der Waals surface area contributed by atoms with E-state index in [2.05, 4.69) is 24.5 Å². The summed E-state index contributed by atoms with van der Waals surface area (Å²) < 4.78 is 1.89. The second-order valence-corrected chi connectivity index (χ2v) is 9.53. The molecule has 0 radical (unpaired) electrons. The van der Waals surface area contributed by atoms with Crippen LogP contribution in [0.4, 0.5) is 17.5 Å². The van der Waals surface area contributed by atoms with Crippen molar-refractivity contribution >= 4 is 34.5 Å². The normalized spacial score (nSPS) is 18.6. The molecule has 10 heteroatoms. The Hall–Kier alpha value is -3.40. The van der Waals surface area contributed by atoms with Gasteiger partial charge in [-0.25, -0.2) is 9.78 Å². The van der Waals surface area contributed by atoms with Gasteiger partial charge in [-0.15, -0.1) is 0 Å². The van der Waals surface area contributed by atoms with E-state index in [-0.39, 0.29) is 35.4 Å². The molecule has 182 valence electrons. The first-order valence-corrected chi connectivity index (χ1v) is 11.8. The number of benzene rings is 1. The second kappa shape index (κ2) is 9.46. The zero-order valence-electron chi connectivity index (χ0n) is 20.0. The van der Waals surface area contributed by atoms with E-state index in [0.29, 0.717) is 17.5 Å². The highest BCUT2D eigenvalue weighted by Crippen LogP contribution is 2.34. The quantitative estimate of drug-likeness (QED) is 0.319. The van der Waals surface area contributed by atoms with Gasteiger partial charge in [0.25, 0.3) is 0 Å². The summed E-state index contributed by atoms with van der Waals surface area (Å²) >= 11 is 0. The number of fused-ring (bicyclic) bond motifs is 1. The smallest absolute Gasteiger partial charge is 0.339 e. The highest BCUT2D eigenvalue weighted by molar-refractivity contribution is 5.94. The van der Waals surface area contributed by atoms with Crippen LogP contribution in [0.1, 0.15) is 81.4 Å². The highest BCUT2D eigenvalue weighted by atomic mass is 16.4. The van der Waals surface area contributed by atoms with Crippen LogP contribution in [0.3, 0.4) is 0 Å². The number of nitrogens with zero attached hydrogens (tertiary/aromatic N) is 4. The summed E-state index contributed by atoms with van der Waals surface area (Å²) in [5, 5.41) is 30.8. The summed E-state index contributed by atoms with van der Waals surface area (Å²) in [6.45, 7) is 8.23. The Morgan fingerprint density at radius 2 is 1.91 bits per heavy atom. The van der Waals surface area contributed by atoms with Gasteiger partial charge < -0.3 is 26.6 Å². The molecule has 2 aromatic heterocycles. The average molecular weight is 468 g/mol. The summed E-state index contributed by atoms with van der Waals surface area (Å²) in [6.07, 6.45) is 4.14. The molecule has 2 heterocycles. The van der Waals surface area contributed by atoms with Crippen LogP contribution in [0.2, 0.25) is 0 Å². The van der Waals surface area contributed by atoms with Crippen LogP contribution in [-0.2, 0) is 0 Å². The molecule has 1 fully saturated rings. The molecule has 1 saturated carbocycles. The van der Waals surface area contributed by atoms with Crippen molar-refractivity contribution in [2.75, 3.05) is 10.6 Å². The van der Waals surface area contributed by atoms with Gasteiger partial charge in [-0.05, 0) is 50.8 Å². The van der Waals surface area contributed by atoms with Crippen LogP contribution in [0.25, 0.3) is 11.0 Å². The van der Waals surface area contributed by atoms with Gasteiger partial charge in [0, 0.05) is 23.8 Å². The van der Waals surface area contributed by atoms with Crippen LogP contribution in [-0.4, -0.2) is 48.0 Å². The fourth-order valence-electron chi connectivity index (χ4n) is 4.40. The van der Waals surface area contributed by atoms with Crippen molar-refractivity contribution in [1.82, 2.24) is 19.7 Å². The summed E-state index contributed by atoms with van der Waals surface area (Å²) in [7, 11) is 0. The first-order chi connectivity index (χ1) is 16.2. The second-order valence-electron chi connectivity index (χ2n) is 9.53. The molecule has 0 amide bonds. The van der Waals surface area contributed by atoms with E-state index in [0.717, 1.165) is 42.4 Å². The first-order valence-electron chi connectivity index (χ1n) is 11.8. The van der Waals surface area contributed by atoms with Crippen molar-refractivity contribution in [1.29, 1.82) is 0 Å². The molecule has 1 aliphatic carbocycles. The zero-order chi connectivity index (χ0) is 24.6. The van der Waals surface area contributed by atoms with Gasteiger partial charge in [-0.3, -0.25) is 4.68 Å². The molecule has 2 unspecified atom stereocenters. The standard InChI is InChI=1S/C24H33N7O3/c1-12(2)19-20-21(31(30-19)13(3)4)22(26-14-9-10-18(32)15(11-14)23(33)34)29-24(28-20)27-17-8-6-5-7-16(17)25/h9-13,16-17,32H,5-8,25H2,1-4H3,(H,33,34)(H2,26,27,28,29). The van der Waals surface area contributed by atoms with Gasteiger partial charge in [-0.2, -0.15) is 10.1 Å². The minimum absolute atomic E-state index is 0.0302. The Morgan fingerprint density at radius 3 is 2.56 bits per heavy atom. The third-order valence-electron chi connectivity index (χ3n) is 6.23. The monoisotopic (exact) mass is 467 g/mol. The number of carboxylic acid groups (broad SMARTS) is 1. The van der Waals surface area contributed by atoms with E-state index in [4.69, 9.17) is 20.8 Å². The SMILES string of the molecule is CC(C)c1nn(C(C)C)c2c(Nc3ccc(O)c(C(=O)O)c3)nc(NC3CCCCC3N)nc12. The van der Waals surface area contributed by atoms with Gasteiger partial charge >= 0.3 is 5.97 Å². The highest BCUT2D eigenvalue weighted by Gasteiger charge is 2.26. The molecule has 1 aromatic carbocycles. The molecule has 6 N–H and O–H groups in total. The predicted octanol–water partition coefficient (Wildman–Crippen LogP) is 4.36. The first kappa shape index (κ1) is 23.7. The maximum absolute atomic E-state index is 11.5. The lowest BCUT2D eigenvalue weighted by atomic mass is 9.91. The fraction of sp³-hybridized carbons (Fsp3) is 0.500. The number of rotatable bonds is 7. The molecule has 2 atom stereocenters. The lowest BCUT2D eigenvalue weighted by molar-refractivity contribution is 0.0694. The van der Waals surface area contributed by atoms with Crippen molar-refractivity contribution in [2.24, 2.45) is 5.73 Å². The third kappa shape index (κ3) is 4.63. The van der Waals surface area contributed by atoms with Crippen molar-refractivity contribution in [3.05, 3.63) is 29.5 Å². The Bertz CT molecular complexity index is 1200. The molecule has 1 aliphatic rings. The number of carboxylic acids is 1. The van der Waals surface area contributed by atoms with Gasteiger partial charge in [0.05, 0.1) is 5.69 Å². The average Bonchev–Trinajstić information content (AvgIpc) is 3.17. The lowest BCUT2D eigenvalue weighted by Crippen LogP contribution is -2.43. The van der Waals surface area contributed by atoms with E-state index >= 15 is 0 Å². The van der Waals surface area contributed by atoms with Crippen molar-refractivity contribution in [3.63, 3.8) is 0 Å². The van der Waals surface area contributed by atoms with Crippen molar-refractivity contribution in [3.8, 4) is 5.75 Å². The van der Waals surface area contributed by atoms with Crippen molar-refractivity contribution in [2.45, 2.75) is 77.4 Å². The molecular weight excluding hydrogens is 434 g/mol. The summed E-state index contributed by atoms with van der Waals surface area (Å²) in [5.74, 6) is -0.403. The third-order valence-corrected chi connectivity index (χ3v) is 6.23. The Balaban J connectivity index is 1.85. The Kier molecular flexibility index (Phi) is 6.60. The van der Waals surface area contributed by atoms with Gasteiger partial charge in [0.1, 0.15) is 22.3 Å². The van der Waals surface area contributed by atoms with E-state index < -0.39 is 5.97 Å². The summed E-state index contributed by atoms with van der Waals surface area (Å²) in [5.41, 5.74) is 8.99. The molecule has 10 nitrogen and oxygen atoms in total. The van der Waals surface area contributed by atoms with Gasteiger partial charge in [0.2, 0.25) is 5.95 Å². The maximum atomic E-state index is 11.5. The van der Waals surface area contributed by atoms with Gasteiger partial charge in [-0.1, -0.05) is 26.7 Å². The van der Waals surface area contributed by atoms with Crippen molar-refractivity contribution < 1.29 is 15.0 Å². The molecule has 34 heavy (non-hydrogen) atoms. The number of carbonyl (C=O) groups is 1. The van der Waals surface area contributed by atoms with E-state index in [1.54, 1.807) is 6.07 Å². The number of hydrogen-bond donors (Lipinski definition) is 5. The summed E-state index contributed by atoms with van der Waals surface area (Å²) in [4.78, 5) is 21.2. The zero-order valence-corrected chi connectivity index (χ0v) is 20.0. The number of phenols is 1. The molecular formula is C24H33N7O3. The molecule has 4 rings (SSSR count). The largest absolute Gasteiger partial charge is 0.507 e. The lowest BCUT2D eigenvalue weighted by Gasteiger charge is -2.29. The molecule has 3 aromatic rings. The molecule has 0 bridgehead atoms. The van der Waals surface area contributed by atoms with Crippen LogP contribution in [0.5, 0.6) is 5.75 Å². The van der Waals surface area contributed by atoms with Crippen LogP contribution in [0.15, 0.2) is 18.2 Å². The van der Waals surface area contributed by atoms with E-state index in [1.165, 1.54) is 12.1 Å². The summed E-state index contributed by atoms with van der Waals surface area (Å²) in [6, 6.07) is 4.51. The van der Waals surface area contributed by atoms with E-state index in [1.807, 2.05) is 18.5 Å². The Labute approximate surface area is 198 Å². The topological polar surface area (TPSA) is 151 Å². The molecule has 0 spiro atoms. The number of nitrogens with two attached hydrogens (primary N) is 1. The number of anilines is 3. The molecule has 0 saturated heterocycles. The molecule has 0 aliphatic heterocycles. The fourth-order valence-corrected chi connectivity index (χ4v) is 4.40. The minimum atomic E-state index is -1.21. The van der Waals surface area contributed by atoms with Gasteiger partial charge in [0.15, 0.2) is 5.82 Å². The number of aromatic hydroxyl groups is 1. The number of hydrogen-bond acceptors (Lipinski definition) is 8. The van der Waals surface area contributed by atoms with Crippen LogP contribution in [0, 0.1) is 0 Å². The van der Waals surface area contributed by atoms with Crippen LogP contribution < -0.4 is 16.4 Å². The maximum Gasteiger partial charge on any atom is 0.339 e. The number of aromatic nitrogens is 4. The predicted molar refractivity (Wildman–Crippen MR) is 132 cm³/mol.